The Bertz CT molecular complexity index is 540. The van der Waals surface area contributed by atoms with Crippen molar-refractivity contribution in [2.24, 2.45) is 0 Å². The number of anilines is 1. The molecule has 2 heterocycles. The van der Waals surface area contributed by atoms with E-state index in [-0.39, 0.29) is 15.0 Å². The van der Waals surface area contributed by atoms with Crippen LogP contribution in [0.4, 0.5) is 5.69 Å². The van der Waals surface area contributed by atoms with Gasteiger partial charge in [-0.3, -0.25) is 0 Å². The molecular weight excluding hydrogens is 305 g/mol. The van der Waals surface area contributed by atoms with Crippen LogP contribution in [0.1, 0.15) is 32.6 Å². The molecule has 1 aliphatic rings. The summed E-state index contributed by atoms with van der Waals surface area (Å²) in [7, 11) is 0. The normalized spacial score (nSPS) is 23.6. The molecule has 0 spiro atoms. The molecule has 2 atom stereocenters. The van der Waals surface area contributed by atoms with Crippen molar-refractivity contribution in [2.75, 3.05) is 11.9 Å². The van der Waals surface area contributed by atoms with Gasteiger partial charge < -0.3 is 0 Å². The Morgan fingerprint density at radius 3 is 3.26 bits per heavy atom. The Kier molecular flexibility index (Phi) is 4.16. The summed E-state index contributed by atoms with van der Waals surface area (Å²) in [5.74, 6) is 0. The molecule has 0 saturated carbocycles. The Balaban J connectivity index is 1.72. The monoisotopic (exact) mass is 325 g/mol. The fourth-order valence-electron chi connectivity index (χ4n) is 2.68. The van der Waals surface area contributed by atoms with E-state index >= 15 is 0 Å². The van der Waals surface area contributed by atoms with Crippen molar-refractivity contribution in [3.8, 4) is 0 Å². The fraction of sp³-hybridized carbons (Fsp3) is 0.571. The third-order valence-electron chi connectivity index (χ3n) is 3.62. The molecule has 2 aromatic rings. The van der Waals surface area contributed by atoms with Gasteiger partial charge in [-0.1, -0.05) is 0 Å². The number of ether oxygens (including phenoxy) is 1. The summed E-state index contributed by atoms with van der Waals surface area (Å²) in [4.78, 5) is 0. The molecule has 1 fully saturated rings. The van der Waals surface area contributed by atoms with Gasteiger partial charge in [0.05, 0.1) is 0 Å². The van der Waals surface area contributed by atoms with Crippen LogP contribution in [0.3, 0.4) is 0 Å². The van der Waals surface area contributed by atoms with Crippen molar-refractivity contribution in [2.45, 2.75) is 44.8 Å². The van der Waals surface area contributed by atoms with Crippen molar-refractivity contribution in [1.82, 2.24) is 7.96 Å². The average molecular weight is 324 g/mol. The average Bonchev–Trinajstić information content (AvgIpc) is 2.89. The number of nitrogens with zero attached hydrogens (tertiary/aromatic N) is 2. The van der Waals surface area contributed by atoms with Gasteiger partial charge in [-0.2, -0.15) is 0 Å². The molecule has 1 aliphatic heterocycles. The van der Waals surface area contributed by atoms with Crippen molar-refractivity contribution >= 4 is 31.7 Å². The molecule has 0 radical (unpaired) electrons. The zero-order valence-electron chi connectivity index (χ0n) is 11.1. The second kappa shape index (κ2) is 6.04. The van der Waals surface area contributed by atoms with Crippen molar-refractivity contribution in [3.05, 3.63) is 18.2 Å². The topological polar surface area (TPSA) is 47.0 Å². The van der Waals surface area contributed by atoms with Crippen molar-refractivity contribution < 1.29 is 4.74 Å². The fourth-order valence-corrected chi connectivity index (χ4v) is 3.83. The molecule has 0 bridgehead atoms. The van der Waals surface area contributed by atoms with Gasteiger partial charge in [-0.15, -0.1) is 0 Å². The molecular formula is C14H19N3OSe. The van der Waals surface area contributed by atoms with Gasteiger partial charge in [0.25, 0.3) is 0 Å². The minimum absolute atomic E-state index is 0.0422. The van der Waals surface area contributed by atoms with Crippen LogP contribution in [0.5, 0.6) is 0 Å². The van der Waals surface area contributed by atoms with Crippen LogP contribution in [0.15, 0.2) is 18.2 Å². The van der Waals surface area contributed by atoms with Gasteiger partial charge in [-0.05, 0) is 0 Å². The van der Waals surface area contributed by atoms with Crippen molar-refractivity contribution in [3.63, 3.8) is 0 Å². The van der Waals surface area contributed by atoms with E-state index in [1.54, 1.807) is 0 Å². The summed E-state index contributed by atoms with van der Waals surface area (Å²) >= 11 is 0.0422. The number of hydrogen-bond acceptors (Lipinski definition) is 4. The first-order chi connectivity index (χ1) is 9.36. The quantitative estimate of drug-likeness (QED) is 0.878. The maximum atomic E-state index is 5.80. The molecule has 1 aromatic carbocycles. The van der Waals surface area contributed by atoms with Gasteiger partial charge in [-0.25, -0.2) is 0 Å². The van der Waals surface area contributed by atoms with E-state index in [9.17, 15) is 0 Å². The van der Waals surface area contributed by atoms with E-state index in [0.717, 1.165) is 42.6 Å². The van der Waals surface area contributed by atoms with Crippen molar-refractivity contribution in [1.29, 1.82) is 0 Å². The summed E-state index contributed by atoms with van der Waals surface area (Å²) in [6, 6.07) is 6.72. The second-order valence-electron chi connectivity index (χ2n) is 5.08. The molecule has 2 unspecified atom stereocenters. The van der Waals surface area contributed by atoms with Crippen LogP contribution in [-0.4, -0.2) is 41.7 Å². The van der Waals surface area contributed by atoms with Crippen LogP contribution in [0.25, 0.3) is 11.0 Å². The Morgan fingerprint density at radius 1 is 1.42 bits per heavy atom. The summed E-state index contributed by atoms with van der Waals surface area (Å²) in [6.45, 7) is 3.08. The number of hydrogen-bond donors (Lipinski definition) is 1. The Hall–Kier alpha value is -0.901. The Labute approximate surface area is 119 Å². The molecule has 19 heavy (non-hydrogen) atoms. The van der Waals surface area contributed by atoms with Gasteiger partial charge in [0.1, 0.15) is 0 Å². The van der Waals surface area contributed by atoms with Gasteiger partial charge >= 0.3 is 119 Å². The SMILES string of the molecule is CCCC1CC(Nc2cccc3n[se]nc23)CCO1. The zero-order valence-corrected chi connectivity index (χ0v) is 12.8. The van der Waals surface area contributed by atoms with Crippen LogP contribution in [0, 0.1) is 0 Å². The molecule has 102 valence electrons. The van der Waals surface area contributed by atoms with Gasteiger partial charge in [0.15, 0.2) is 0 Å². The van der Waals surface area contributed by atoms with Crippen LogP contribution >= 0.6 is 0 Å². The van der Waals surface area contributed by atoms with Crippen LogP contribution in [-0.2, 0) is 4.74 Å². The van der Waals surface area contributed by atoms with E-state index < -0.39 is 0 Å². The third kappa shape index (κ3) is 2.99. The van der Waals surface area contributed by atoms with E-state index in [4.69, 9.17) is 4.74 Å². The number of aromatic nitrogens is 2. The first-order valence-corrected chi connectivity index (χ1v) is 8.49. The number of nitrogens with one attached hydrogen (secondary N) is 1. The predicted molar refractivity (Wildman–Crippen MR) is 77.8 cm³/mol. The van der Waals surface area contributed by atoms with Gasteiger partial charge in [0.2, 0.25) is 0 Å². The third-order valence-corrected chi connectivity index (χ3v) is 4.76. The van der Waals surface area contributed by atoms with E-state index in [0.29, 0.717) is 12.1 Å². The molecule has 1 saturated heterocycles. The molecule has 5 heteroatoms. The second-order valence-corrected chi connectivity index (χ2v) is 6.19. The minimum atomic E-state index is 0.0422. The van der Waals surface area contributed by atoms with E-state index in [1.165, 1.54) is 6.42 Å². The molecule has 0 amide bonds. The summed E-state index contributed by atoms with van der Waals surface area (Å²) < 4.78 is 14.8. The van der Waals surface area contributed by atoms with Crippen LogP contribution < -0.4 is 5.32 Å². The standard InChI is InChI=1S/C14H19N3OSe/c1-2-4-11-9-10(7-8-18-11)15-12-5-3-6-13-14(12)17-19-16-13/h3,5-6,10-11,15H,2,4,7-9H2,1H3. The summed E-state index contributed by atoms with van der Waals surface area (Å²) in [5, 5.41) is 3.65. The predicted octanol–water partition coefficient (Wildman–Crippen LogP) is 2.45. The zero-order chi connectivity index (χ0) is 13.1. The molecule has 1 aromatic heterocycles. The molecule has 1 N–H and O–H groups in total. The molecule has 0 aliphatic carbocycles. The summed E-state index contributed by atoms with van der Waals surface area (Å²) in [5.41, 5.74) is 3.24. The Morgan fingerprint density at radius 2 is 2.37 bits per heavy atom. The maximum absolute atomic E-state index is 5.80. The molecule has 4 nitrogen and oxygen atoms in total. The number of benzene rings is 1. The van der Waals surface area contributed by atoms with E-state index in [2.05, 4.69) is 32.3 Å². The van der Waals surface area contributed by atoms with E-state index in [1.807, 2.05) is 6.07 Å². The first kappa shape index (κ1) is 13.1. The summed E-state index contributed by atoms with van der Waals surface area (Å²) in [6.07, 6.45) is 4.94. The molecule has 3 rings (SSSR count). The first-order valence-electron chi connectivity index (χ1n) is 6.96. The van der Waals surface area contributed by atoms with Gasteiger partial charge in [0, 0.05) is 0 Å². The van der Waals surface area contributed by atoms with Crippen LogP contribution in [0.2, 0.25) is 0 Å². The number of rotatable bonds is 4. The number of fused-ring (bicyclic) bond motifs is 1.